The first-order valence-electron chi connectivity index (χ1n) is 6.59. The average Bonchev–Trinajstić information content (AvgIpc) is 2.95. The van der Waals surface area contributed by atoms with Crippen molar-refractivity contribution in [1.82, 2.24) is 0 Å². The number of hydrogen-bond donors (Lipinski definition) is 0. The zero-order valence-electron chi connectivity index (χ0n) is 11.4. The summed E-state index contributed by atoms with van der Waals surface area (Å²) in [7, 11) is 1.31. The van der Waals surface area contributed by atoms with Crippen LogP contribution in [0.15, 0.2) is 12.2 Å². The third kappa shape index (κ3) is 1.53. The first-order chi connectivity index (χ1) is 9.39. The molecule has 3 aliphatic rings. The van der Waals surface area contributed by atoms with Crippen LogP contribution < -0.4 is 0 Å². The van der Waals surface area contributed by atoms with E-state index >= 15 is 0 Å². The molecular formula is C14H16O6. The van der Waals surface area contributed by atoms with Crippen molar-refractivity contribution in [1.29, 1.82) is 0 Å². The lowest BCUT2D eigenvalue weighted by Crippen LogP contribution is -2.43. The van der Waals surface area contributed by atoms with Gasteiger partial charge in [0.2, 0.25) is 0 Å². The molecule has 6 nitrogen and oxygen atoms in total. The fraction of sp³-hybridized carbons (Fsp3) is 0.643. The molecule has 3 fully saturated rings. The molecule has 1 heterocycles. The Bertz CT molecular complexity index is 524. The van der Waals surface area contributed by atoms with Gasteiger partial charge in [0.1, 0.15) is 0 Å². The molecule has 5 unspecified atom stereocenters. The third-order valence-corrected chi connectivity index (χ3v) is 4.63. The van der Waals surface area contributed by atoms with Gasteiger partial charge in [-0.1, -0.05) is 6.58 Å². The molecule has 1 aliphatic heterocycles. The minimum absolute atomic E-state index is 0.0400. The molecule has 1 saturated heterocycles. The highest BCUT2D eigenvalue weighted by Crippen LogP contribution is 2.63. The molecule has 0 aromatic heterocycles. The van der Waals surface area contributed by atoms with Gasteiger partial charge in [0, 0.05) is 12.0 Å². The third-order valence-electron chi connectivity index (χ3n) is 4.63. The highest BCUT2D eigenvalue weighted by atomic mass is 16.7. The first-order valence-corrected chi connectivity index (χ1v) is 6.59. The Balaban J connectivity index is 1.88. The van der Waals surface area contributed by atoms with Gasteiger partial charge in [-0.15, -0.1) is 0 Å². The molecule has 6 heteroatoms. The number of rotatable bonds is 3. The largest absolute Gasteiger partial charge is 0.469 e. The van der Waals surface area contributed by atoms with E-state index in [1.54, 1.807) is 0 Å². The van der Waals surface area contributed by atoms with E-state index < -0.39 is 29.6 Å². The quantitative estimate of drug-likeness (QED) is 0.562. The summed E-state index contributed by atoms with van der Waals surface area (Å²) in [6, 6.07) is 0. The molecule has 5 atom stereocenters. The molecule has 3 rings (SSSR count). The molecule has 0 radical (unpaired) electrons. The number of fused-ring (bicyclic) bond motifs is 1. The highest BCUT2D eigenvalue weighted by Gasteiger charge is 2.73. The van der Waals surface area contributed by atoms with Gasteiger partial charge in [-0.05, 0) is 19.3 Å². The summed E-state index contributed by atoms with van der Waals surface area (Å²) >= 11 is 0. The summed E-state index contributed by atoms with van der Waals surface area (Å²) in [4.78, 5) is 35.6. The summed E-state index contributed by atoms with van der Waals surface area (Å²) in [5, 5.41) is 0. The van der Waals surface area contributed by atoms with Crippen molar-refractivity contribution in [3.63, 3.8) is 0 Å². The number of carbonyl (C=O) groups excluding carboxylic acids is 3. The van der Waals surface area contributed by atoms with Crippen LogP contribution in [-0.2, 0) is 28.6 Å². The fourth-order valence-corrected chi connectivity index (χ4v) is 3.87. The predicted molar refractivity (Wildman–Crippen MR) is 64.9 cm³/mol. The minimum Gasteiger partial charge on any atom is -0.469 e. The van der Waals surface area contributed by atoms with Crippen LogP contribution in [0.5, 0.6) is 0 Å². The summed E-state index contributed by atoms with van der Waals surface area (Å²) < 4.78 is 15.5. The van der Waals surface area contributed by atoms with Gasteiger partial charge >= 0.3 is 17.9 Å². The van der Waals surface area contributed by atoms with E-state index in [-0.39, 0.29) is 23.4 Å². The Kier molecular flexibility index (Phi) is 2.68. The maximum atomic E-state index is 12.0. The van der Waals surface area contributed by atoms with Crippen molar-refractivity contribution in [2.75, 3.05) is 7.11 Å². The number of esters is 3. The van der Waals surface area contributed by atoms with Gasteiger partial charge < -0.3 is 14.2 Å². The van der Waals surface area contributed by atoms with Gasteiger partial charge in [0.15, 0.2) is 0 Å². The average molecular weight is 280 g/mol. The van der Waals surface area contributed by atoms with E-state index in [1.165, 1.54) is 14.0 Å². The molecule has 0 aromatic carbocycles. The summed E-state index contributed by atoms with van der Waals surface area (Å²) in [6.07, 6.45) is 0.998. The Morgan fingerprint density at radius 3 is 2.75 bits per heavy atom. The minimum atomic E-state index is -1.20. The van der Waals surface area contributed by atoms with E-state index in [0.29, 0.717) is 12.8 Å². The highest BCUT2D eigenvalue weighted by molar-refractivity contribution is 5.89. The Labute approximate surface area is 116 Å². The molecule has 0 N–H and O–H groups in total. The van der Waals surface area contributed by atoms with Gasteiger partial charge in [0.25, 0.3) is 5.79 Å². The van der Waals surface area contributed by atoms with Crippen molar-refractivity contribution in [2.24, 2.45) is 23.7 Å². The summed E-state index contributed by atoms with van der Waals surface area (Å²) in [5.41, 5.74) is 0.256. The monoisotopic (exact) mass is 280 g/mol. The molecule has 0 amide bonds. The SMILES string of the molecule is C=C(C)C(=O)OC12CC3CC1C(C(=O)O2)C3C(=O)OC. The van der Waals surface area contributed by atoms with Gasteiger partial charge in [0.05, 0.1) is 24.9 Å². The second-order valence-electron chi connectivity index (χ2n) is 5.78. The van der Waals surface area contributed by atoms with Gasteiger partial charge in [-0.25, -0.2) is 4.79 Å². The number of methoxy groups -OCH3 is 1. The van der Waals surface area contributed by atoms with E-state index in [0.717, 1.165) is 0 Å². The van der Waals surface area contributed by atoms with Crippen molar-refractivity contribution >= 4 is 17.9 Å². The molecule has 0 spiro atoms. The molecule has 20 heavy (non-hydrogen) atoms. The smallest absolute Gasteiger partial charge is 0.336 e. The number of carbonyl (C=O) groups is 3. The number of ether oxygens (including phenoxy) is 3. The predicted octanol–water partition coefficient (Wildman–Crippen LogP) is 0.804. The molecule has 2 saturated carbocycles. The fourth-order valence-electron chi connectivity index (χ4n) is 3.87. The standard InChI is InChI=1S/C14H16O6/c1-6(2)11(15)19-14-5-7-4-8(14)10(13(17)20-14)9(7)12(16)18-3/h7-10H,1,4-5H2,2-3H3. The topological polar surface area (TPSA) is 78.9 Å². The maximum Gasteiger partial charge on any atom is 0.336 e. The Hall–Kier alpha value is -1.85. The lowest BCUT2D eigenvalue weighted by atomic mass is 9.78. The molecule has 2 bridgehead atoms. The number of hydrogen-bond acceptors (Lipinski definition) is 6. The van der Waals surface area contributed by atoms with Crippen molar-refractivity contribution in [3.05, 3.63) is 12.2 Å². The van der Waals surface area contributed by atoms with Crippen molar-refractivity contribution in [2.45, 2.75) is 25.6 Å². The zero-order chi connectivity index (χ0) is 14.7. The van der Waals surface area contributed by atoms with E-state index in [4.69, 9.17) is 14.2 Å². The van der Waals surface area contributed by atoms with Crippen LogP contribution in [0.3, 0.4) is 0 Å². The van der Waals surface area contributed by atoms with E-state index in [1.807, 2.05) is 0 Å². The van der Waals surface area contributed by atoms with Crippen LogP contribution in [-0.4, -0.2) is 30.8 Å². The molecule has 2 aliphatic carbocycles. The molecular weight excluding hydrogens is 264 g/mol. The van der Waals surface area contributed by atoms with Gasteiger partial charge in [-0.2, -0.15) is 0 Å². The van der Waals surface area contributed by atoms with Crippen LogP contribution in [0.2, 0.25) is 0 Å². The van der Waals surface area contributed by atoms with Crippen molar-refractivity contribution < 1.29 is 28.6 Å². The second kappa shape index (κ2) is 4.07. The van der Waals surface area contributed by atoms with Crippen LogP contribution in [0, 0.1) is 23.7 Å². The lowest BCUT2D eigenvalue weighted by Gasteiger charge is -2.31. The molecule has 108 valence electrons. The second-order valence-corrected chi connectivity index (χ2v) is 5.78. The summed E-state index contributed by atoms with van der Waals surface area (Å²) in [5.74, 6) is -3.96. The Morgan fingerprint density at radius 2 is 2.15 bits per heavy atom. The van der Waals surface area contributed by atoms with Gasteiger partial charge in [-0.3, -0.25) is 9.59 Å². The first kappa shape index (κ1) is 13.1. The Morgan fingerprint density at radius 1 is 1.45 bits per heavy atom. The normalized spacial score (nSPS) is 40.4. The van der Waals surface area contributed by atoms with Crippen molar-refractivity contribution in [3.8, 4) is 0 Å². The molecule has 0 aromatic rings. The van der Waals surface area contributed by atoms with Crippen LogP contribution in [0.4, 0.5) is 0 Å². The van der Waals surface area contributed by atoms with Crippen LogP contribution in [0.25, 0.3) is 0 Å². The zero-order valence-corrected chi connectivity index (χ0v) is 11.4. The summed E-state index contributed by atoms with van der Waals surface area (Å²) in [6.45, 7) is 5.06. The lowest BCUT2D eigenvalue weighted by molar-refractivity contribution is -0.220. The van der Waals surface area contributed by atoms with Crippen LogP contribution >= 0.6 is 0 Å². The van der Waals surface area contributed by atoms with Crippen LogP contribution in [0.1, 0.15) is 19.8 Å². The van der Waals surface area contributed by atoms with E-state index in [2.05, 4.69) is 6.58 Å². The van der Waals surface area contributed by atoms with E-state index in [9.17, 15) is 14.4 Å². The maximum absolute atomic E-state index is 12.0.